The fourth-order valence-corrected chi connectivity index (χ4v) is 4.95. The van der Waals surface area contributed by atoms with Crippen LogP contribution in [0, 0.1) is 0 Å². The molecule has 2 atom stereocenters. The molecule has 0 radical (unpaired) electrons. The number of β-lactam (4-membered cyclic amide) rings is 1. The summed E-state index contributed by atoms with van der Waals surface area (Å²) < 4.78 is 22.0. The summed E-state index contributed by atoms with van der Waals surface area (Å²) in [6.07, 6.45) is 0. The lowest BCUT2D eigenvalue weighted by Crippen LogP contribution is -2.67. The summed E-state index contributed by atoms with van der Waals surface area (Å²) in [4.78, 5) is 42.9. The summed E-state index contributed by atoms with van der Waals surface area (Å²) >= 11 is 0. The van der Waals surface area contributed by atoms with Crippen molar-refractivity contribution in [2.45, 2.75) is 19.0 Å². The van der Waals surface area contributed by atoms with Crippen molar-refractivity contribution in [1.82, 2.24) is 4.90 Å². The van der Waals surface area contributed by atoms with Crippen LogP contribution in [0.5, 0.6) is 23.0 Å². The van der Waals surface area contributed by atoms with E-state index in [1.165, 1.54) is 21.3 Å². The van der Waals surface area contributed by atoms with Crippen molar-refractivity contribution in [3.63, 3.8) is 0 Å². The Labute approximate surface area is 214 Å². The molecular formula is C28H26N2O7. The average Bonchev–Trinajstić information content (AvgIpc) is 3.17. The number of fused-ring (bicyclic) bond motifs is 1. The number of carbonyl (C=O) groups excluding carboxylic acids is 3. The second-order valence-electron chi connectivity index (χ2n) is 8.51. The van der Waals surface area contributed by atoms with Gasteiger partial charge < -0.3 is 23.8 Å². The highest BCUT2D eigenvalue weighted by molar-refractivity contribution is 6.24. The van der Waals surface area contributed by atoms with Gasteiger partial charge in [0.25, 0.3) is 17.7 Å². The topological polar surface area (TPSA) is 94.6 Å². The molecule has 0 bridgehead atoms. The van der Waals surface area contributed by atoms with Gasteiger partial charge in [0.2, 0.25) is 5.75 Å². The Morgan fingerprint density at radius 1 is 0.730 bits per heavy atom. The molecule has 0 N–H and O–H groups in total. The zero-order valence-electron chi connectivity index (χ0n) is 20.9. The highest BCUT2D eigenvalue weighted by atomic mass is 16.5. The molecule has 5 rings (SSSR count). The Morgan fingerprint density at radius 2 is 1.30 bits per heavy atom. The number of anilines is 1. The SMILES string of the molecule is CCOc1ccc(N2C(=O)[C@H](N3C(=O)c4ccccc4C3=O)[C@H]2c2cc(OC)c(OC)c(OC)c2)cc1. The molecule has 2 aliphatic rings. The van der Waals surface area contributed by atoms with Crippen molar-refractivity contribution >= 4 is 23.4 Å². The summed E-state index contributed by atoms with van der Waals surface area (Å²) in [6, 6.07) is 15.4. The van der Waals surface area contributed by atoms with E-state index in [1.54, 1.807) is 65.6 Å². The molecule has 1 saturated heterocycles. The number of imide groups is 1. The first kappa shape index (κ1) is 24.2. The zero-order chi connectivity index (χ0) is 26.3. The molecule has 190 valence electrons. The van der Waals surface area contributed by atoms with Gasteiger partial charge in [-0.2, -0.15) is 0 Å². The molecule has 0 unspecified atom stereocenters. The number of amides is 3. The highest BCUT2D eigenvalue weighted by Crippen LogP contribution is 2.48. The lowest BCUT2D eigenvalue weighted by Gasteiger charge is -2.49. The Kier molecular flexibility index (Phi) is 6.20. The maximum atomic E-state index is 13.7. The van der Waals surface area contributed by atoms with Gasteiger partial charge in [-0.25, -0.2) is 0 Å². The monoisotopic (exact) mass is 502 g/mol. The molecule has 2 heterocycles. The van der Waals surface area contributed by atoms with E-state index in [-0.39, 0.29) is 17.0 Å². The van der Waals surface area contributed by atoms with Crippen molar-refractivity contribution in [2.75, 3.05) is 32.8 Å². The second-order valence-corrected chi connectivity index (χ2v) is 8.51. The third-order valence-corrected chi connectivity index (χ3v) is 6.63. The fourth-order valence-electron chi connectivity index (χ4n) is 4.95. The van der Waals surface area contributed by atoms with Gasteiger partial charge in [0.05, 0.1) is 45.1 Å². The molecule has 0 aliphatic carbocycles. The molecule has 3 aromatic rings. The van der Waals surface area contributed by atoms with Crippen molar-refractivity contribution in [2.24, 2.45) is 0 Å². The number of rotatable bonds is 8. The first-order valence-corrected chi connectivity index (χ1v) is 11.8. The molecule has 3 aromatic carbocycles. The van der Waals surface area contributed by atoms with Gasteiger partial charge in [-0.05, 0) is 61.0 Å². The molecule has 3 amide bonds. The van der Waals surface area contributed by atoms with Gasteiger partial charge in [0.15, 0.2) is 11.5 Å². The van der Waals surface area contributed by atoms with Gasteiger partial charge in [-0.3, -0.25) is 19.3 Å². The minimum absolute atomic E-state index is 0.281. The first-order valence-electron chi connectivity index (χ1n) is 11.8. The van der Waals surface area contributed by atoms with Crippen LogP contribution < -0.4 is 23.8 Å². The molecule has 9 nitrogen and oxygen atoms in total. The number of ether oxygens (including phenoxy) is 4. The normalized spacial score (nSPS) is 18.4. The smallest absolute Gasteiger partial charge is 0.262 e. The molecule has 1 fully saturated rings. The largest absolute Gasteiger partial charge is 0.494 e. The quantitative estimate of drug-likeness (QED) is 0.341. The van der Waals surface area contributed by atoms with E-state index in [1.807, 2.05) is 6.92 Å². The summed E-state index contributed by atoms with van der Waals surface area (Å²) in [6.45, 7) is 2.40. The van der Waals surface area contributed by atoms with Gasteiger partial charge in [-0.1, -0.05) is 12.1 Å². The number of carbonyl (C=O) groups is 3. The van der Waals surface area contributed by atoms with Crippen molar-refractivity contribution in [3.8, 4) is 23.0 Å². The molecule has 2 aliphatic heterocycles. The maximum Gasteiger partial charge on any atom is 0.262 e. The van der Waals surface area contributed by atoms with Gasteiger partial charge in [-0.15, -0.1) is 0 Å². The van der Waals surface area contributed by atoms with Crippen LogP contribution in [0.25, 0.3) is 0 Å². The molecule has 37 heavy (non-hydrogen) atoms. The Bertz CT molecular complexity index is 1330. The van der Waals surface area contributed by atoms with Crippen LogP contribution in [-0.4, -0.2) is 56.6 Å². The van der Waals surface area contributed by atoms with Crippen LogP contribution in [-0.2, 0) is 4.79 Å². The van der Waals surface area contributed by atoms with Crippen LogP contribution in [0.4, 0.5) is 5.69 Å². The van der Waals surface area contributed by atoms with E-state index >= 15 is 0 Å². The van der Waals surface area contributed by atoms with E-state index in [2.05, 4.69) is 0 Å². The van der Waals surface area contributed by atoms with E-state index in [0.29, 0.717) is 40.9 Å². The van der Waals surface area contributed by atoms with Crippen LogP contribution in [0.1, 0.15) is 39.2 Å². The minimum Gasteiger partial charge on any atom is -0.494 e. The fraction of sp³-hybridized carbons (Fsp3) is 0.250. The second kappa shape index (κ2) is 9.50. The van der Waals surface area contributed by atoms with Gasteiger partial charge in [0, 0.05) is 5.69 Å². The number of hydrogen-bond acceptors (Lipinski definition) is 7. The summed E-state index contributed by atoms with van der Waals surface area (Å²) in [5.41, 5.74) is 1.77. The zero-order valence-corrected chi connectivity index (χ0v) is 20.9. The summed E-state index contributed by atoms with van der Waals surface area (Å²) in [5, 5.41) is 0. The summed E-state index contributed by atoms with van der Waals surface area (Å²) in [7, 11) is 4.50. The van der Waals surface area contributed by atoms with Crippen molar-refractivity contribution in [3.05, 3.63) is 77.4 Å². The standard InChI is InChI=1S/C28H26N2O7/c1-5-37-18-12-10-17(11-13-18)29-23(16-14-21(34-2)25(36-4)22(15-16)35-3)24(28(29)33)30-26(31)19-8-6-7-9-20(19)27(30)32/h6-15,23-24H,5H2,1-4H3/t23-,24-/m1/s1. The molecule has 0 aromatic heterocycles. The maximum absolute atomic E-state index is 13.7. The summed E-state index contributed by atoms with van der Waals surface area (Å²) in [5.74, 6) is 0.473. The predicted octanol–water partition coefficient (Wildman–Crippen LogP) is 3.86. The van der Waals surface area contributed by atoms with Crippen LogP contribution >= 0.6 is 0 Å². The van der Waals surface area contributed by atoms with Crippen molar-refractivity contribution < 1.29 is 33.3 Å². The average molecular weight is 503 g/mol. The number of benzene rings is 3. The van der Waals surface area contributed by atoms with E-state index < -0.39 is 23.9 Å². The molecule has 0 saturated carbocycles. The minimum atomic E-state index is -1.05. The predicted molar refractivity (Wildman–Crippen MR) is 135 cm³/mol. The van der Waals surface area contributed by atoms with Crippen LogP contribution in [0.15, 0.2) is 60.7 Å². The van der Waals surface area contributed by atoms with Gasteiger partial charge >= 0.3 is 0 Å². The van der Waals surface area contributed by atoms with Crippen LogP contribution in [0.3, 0.4) is 0 Å². The lowest BCUT2D eigenvalue weighted by atomic mass is 9.86. The third-order valence-electron chi connectivity index (χ3n) is 6.63. The molecule has 9 heteroatoms. The highest BCUT2D eigenvalue weighted by Gasteiger charge is 2.57. The molecule has 0 spiro atoms. The van der Waals surface area contributed by atoms with Crippen molar-refractivity contribution in [1.29, 1.82) is 0 Å². The Morgan fingerprint density at radius 3 is 1.78 bits per heavy atom. The number of hydrogen-bond donors (Lipinski definition) is 0. The van der Waals surface area contributed by atoms with E-state index in [0.717, 1.165) is 4.90 Å². The van der Waals surface area contributed by atoms with Gasteiger partial charge in [0.1, 0.15) is 11.8 Å². The van der Waals surface area contributed by atoms with Crippen LogP contribution in [0.2, 0.25) is 0 Å². The molecular weight excluding hydrogens is 476 g/mol. The first-order chi connectivity index (χ1) is 17.9. The number of nitrogens with zero attached hydrogens (tertiary/aromatic N) is 2. The van der Waals surface area contributed by atoms with E-state index in [4.69, 9.17) is 18.9 Å². The Hall–Kier alpha value is -4.53. The number of methoxy groups -OCH3 is 3. The Balaban J connectivity index is 1.62. The third kappa shape index (κ3) is 3.74. The van der Waals surface area contributed by atoms with E-state index in [9.17, 15) is 14.4 Å². The lowest BCUT2D eigenvalue weighted by molar-refractivity contribution is -0.130.